The van der Waals surface area contributed by atoms with Crippen LogP contribution in [0.5, 0.6) is 0 Å². The second kappa shape index (κ2) is 6.06. The lowest BCUT2D eigenvalue weighted by molar-refractivity contribution is 0.0335. The Hall–Kier alpha value is -2.39. The van der Waals surface area contributed by atoms with E-state index in [1.165, 1.54) is 4.57 Å². The average molecular weight is 404 g/mol. The molecule has 8 nitrogen and oxygen atoms in total. The van der Waals surface area contributed by atoms with Crippen molar-refractivity contribution in [1.82, 2.24) is 9.55 Å². The number of nitrogen functional groups attached to an aromatic ring is 1. The Labute approximate surface area is 165 Å². The number of aliphatic hydroxyl groups is 2. The summed E-state index contributed by atoms with van der Waals surface area (Å²) in [5, 5.41) is 19.7. The highest BCUT2D eigenvalue weighted by Gasteiger charge is 2.57. The van der Waals surface area contributed by atoms with Crippen LogP contribution in [-0.4, -0.2) is 45.6 Å². The van der Waals surface area contributed by atoms with E-state index >= 15 is 4.39 Å². The molecule has 2 heterocycles. The summed E-state index contributed by atoms with van der Waals surface area (Å²) >= 11 is 0. The number of benzene rings is 1. The van der Waals surface area contributed by atoms with Gasteiger partial charge in [-0.1, -0.05) is 0 Å². The van der Waals surface area contributed by atoms with Gasteiger partial charge in [-0.15, -0.1) is 0 Å². The number of aliphatic hydroxyl groups excluding tert-OH is 2. The zero-order valence-electron chi connectivity index (χ0n) is 16.2. The summed E-state index contributed by atoms with van der Waals surface area (Å²) in [6.07, 6.45) is 2.62. The van der Waals surface area contributed by atoms with Crippen LogP contribution >= 0.6 is 0 Å². The molecule has 3 aliphatic rings. The Balaban J connectivity index is 1.73. The first-order chi connectivity index (χ1) is 13.8. The van der Waals surface area contributed by atoms with Gasteiger partial charge in [0.2, 0.25) is 0 Å². The Bertz CT molecular complexity index is 1130. The predicted octanol–water partition coefficient (Wildman–Crippen LogP) is 0.624. The highest BCUT2D eigenvalue weighted by Crippen LogP contribution is 2.58. The molecule has 29 heavy (non-hydrogen) atoms. The number of H-pyrrole nitrogens is 1. The Kier molecular flexibility index (Phi) is 3.89. The molecular formula is C20H25FN4O4. The van der Waals surface area contributed by atoms with Gasteiger partial charge in [0, 0.05) is 30.6 Å². The Morgan fingerprint density at radius 1 is 1.34 bits per heavy atom. The quantitative estimate of drug-likeness (QED) is 0.554. The smallest absolute Gasteiger partial charge is 0.329 e. The maximum Gasteiger partial charge on any atom is 0.329 e. The number of hydrogen-bond acceptors (Lipinski definition) is 6. The molecule has 0 radical (unpaired) electrons. The number of nitrogens with two attached hydrogens (primary N) is 1. The van der Waals surface area contributed by atoms with Gasteiger partial charge in [0.05, 0.1) is 35.0 Å². The molecule has 1 saturated heterocycles. The van der Waals surface area contributed by atoms with Crippen molar-refractivity contribution in [3.05, 3.63) is 32.2 Å². The molecular weight excluding hydrogens is 379 g/mol. The molecule has 2 aliphatic carbocycles. The third-order valence-electron chi connectivity index (χ3n) is 7.05. The van der Waals surface area contributed by atoms with Crippen molar-refractivity contribution in [2.75, 3.05) is 30.3 Å². The molecule has 0 amide bonds. The van der Waals surface area contributed by atoms with Crippen molar-refractivity contribution in [2.45, 2.75) is 44.8 Å². The molecule has 2 saturated carbocycles. The second-order valence-corrected chi connectivity index (χ2v) is 8.88. The lowest BCUT2D eigenvalue weighted by Crippen LogP contribution is -2.33. The highest BCUT2D eigenvalue weighted by molar-refractivity contribution is 5.97. The van der Waals surface area contributed by atoms with Crippen LogP contribution in [0.2, 0.25) is 0 Å². The van der Waals surface area contributed by atoms with Crippen LogP contribution in [0.25, 0.3) is 10.9 Å². The summed E-state index contributed by atoms with van der Waals surface area (Å²) in [6.45, 7) is 2.32. The van der Waals surface area contributed by atoms with Crippen molar-refractivity contribution in [2.24, 2.45) is 11.3 Å². The number of nitrogens with one attached hydrogen (secondary N) is 1. The molecule has 2 aromatic rings. The van der Waals surface area contributed by atoms with Crippen molar-refractivity contribution in [3.63, 3.8) is 0 Å². The number of anilines is 2. The van der Waals surface area contributed by atoms with Crippen molar-refractivity contribution < 1.29 is 14.6 Å². The standard InChI is InChI=1S/C20H25FN4O4/c1-9-16-13(18(28)23-19(29)25(16)10-2-3-10)15(22)14(21)17(9)24-6-11(12(27)7-26)20(8-24)4-5-20/h10-12,26-27H,2-8,22H2,1H3,(H,23,28,29). The molecule has 1 spiro atoms. The van der Waals surface area contributed by atoms with Crippen molar-refractivity contribution in [1.29, 1.82) is 0 Å². The number of halogens is 1. The summed E-state index contributed by atoms with van der Waals surface area (Å²) in [4.78, 5) is 29.1. The molecule has 5 N–H and O–H groups in total. The number of hydrogen-bond donors (Lipinski definition) is 4. The molecule has 3 fully saturated rings. The van der Waals surface area contributed by atoms with Gasteiger partial charge in [-0.05, 0) is 38.0 Å². The van der Waals surface area contributed by atoms with Crippen LogP contribution in [0.3, 0.4) is 0 Å². The van der Waals surface area contributed by atoms with Gasteiger partial charge in [-0.3, -0.25) is 14.3 Å². The first kappa shape index (κ1) is 18.6. The normalized spacial score (nSPS) is 23.9. The number of aromatic amines is 1. The first-order valence-electron chi connectivity index (χ1n) is 10.1. The number of aryl methyl sites for hydroxylation is 1. The van der Waals surface area contributed by atoms with Crippen LogP contribution in [0, 0.1) is 24.1 Å². The molecule has 1 aliphatic heterocycles. The van der Waals surface area contributed by atoms with E-state index in [1.807, 2.05) is 4.90 Å². The second-order valence-electron chi connectivity index (χ2n) is 8.88. The molecule has 156 valence electrons. The fraction of sp³-hybridized carbons (Fsp3) is 0.600. The van der Waals surface area contributed by atoms with E-state index in [0.29, 0.717) is 24.2 Å². The van der Waals surface area contributed by atoms with Gasteiger partial charge in [0.15, 0.2) is 5.82 Å². The lowest BCUT2D eigenvalue weighted by Gasteiger charge is -2.25. The van der Waals surface area contributed by atoms with Crippen LogP contribution < -0.4 is 21.9 Å². The topological polar surface area (TPSA) is 125 Å². The van der Waals surface area contributed by atoms with Gasteiger partial charge in [0.1, 0.15) is 0 Å². The van der Waals surface area contributed by atoms with Gasteiger partial charge in [-0.25, -0.2) is 9.18 Å². The molecule has 1 aromatic heterocycles. The van der Waals surface area contributed by atoms with E-state index in [1.54, 1.807) is 6.92 Å². The Morgan fingerprint density at radius 2 is 2.03 bits per heavy atom. The SMILES string of the molecule is Cc1c(N2CC(C(O)CO)C3(CC3)C2)c(F)c(N)c2c(=O)[nH]c(=O)n(C3CC3)c12. The molecule has 2 atom stereocenters. The lowest BCUT2D eigenvalue weighted by atomic mass is 9.88. The van der Waals surface area contributed by atoms with Crippen molar-refractivity contribution >= 4 is 22.3 Å². The minimum Gasteiger partial charge on any atom is -0.396 e. The fourth-order valence-electron chi connectivity index (χ4n) is 5.25. The number of nitrogens with zero attached hydrogens (tertiary/aromatic N) is 2. The zero-order valence-corrected chi connectivity index (χ0v) is 16.2. The summed E-state index contributed by atoms with van der Waals surface area (Å²) in [6, 6.07) is -0.0180. The fourth-order valence-corrected chi connectivity index (χ4v) is 5.25. The van der Waals surface area contributed by atoms with Gasteiger partial charge < -0.3 is 20.8 Å². The summed E-state index contributed by atoms with van der Waals surface area (Å²) in [5.41, 5.74) is 5.70. The highest BCUT2D eigenvalue weighted by atomic mass is 19.1. The monoisotopic (exact) mass is 404 g/mol. The number of rotatable bonds is 4. The maximum absolute atomic E-state index is 15.4. The van der Waals surface area contributed by atoms with Crippen LogP contribution in [0.15, 0.2) is 9.59 Å². The van der Waals surface area contributed by atoms with E-state index in [2.05, 4.69) is 4.98 Å². The van der Waals surface area contributed by atoms with Crippen molar-refractivity contribution in [3.8, 4) is 0 Å². The first-order valence-corrected chi connectivity index (χ1v) is 10.1. The van der Waals surface area contributed by atoms with Gasteiger partial charge in [-0.2, -0.15) is 0 Å². The van der Waals surface area contributed by atoms with E-state index < -0.39 is 23.2 Å². The number of aromatic nitrogens is 2. The van der Waals surface area contributed by atoms with Crippen LogP contribution in [0.1, 0.15) is 37.3 Å². The van der Waals surface area contributed by atoms with Crippen LogP contribution in [-0.2, 0) is 0 Å². The molecule has 2 unspecified atom stereocenters. The summed E-state index contributed by atoms with van der Waals surface area (Å²) in [5.74, 6) is -0.829. The van der Waals surface area contributed by atoms with E-state index in [-0.39, 0.29) is 40.7 Å². The Morgan fingerprint density at radius 3 is 2.62 bits per heavy atom. The molecule has 9 heteroatoms. The molecule has 0 bridgehead atoms. The maximum atomic E-state index is 15.4. The van der Waals surface area contributed by atoms with Gasteiger partial charge >= 0.3 is 5.69 Å². The number of fused-ring (bicyclic) bond motifs is 1. The van der Waals surface area contributed by atoms with E-state index in [4.69, 9.17) is 5.73 Å². The summed E-state index contributed by atoms with van der Waals surface area (Å²) in [7, 11) is 0. The van der Waals surface area contributed by atoms with Crippen LogP contribution in [0.4, 0.5) is 15.8 Å². The predicted molar refractivity (Wildman–Crippen MR) is 107 cm³/mol. The molecule has 1 aromatic carbocycles. The zero-order chi connectivity index (χ0) is 20.7. The minimum atomic E-state index is -0.865. The average Bonchev–Trinajstić information content (AvgIpc) is 3.58. The minimum absolute atomic E-state index is 0.0162. The summed E-state index contributed by atoms with van der Waals surface area (Å²) < 4.78 is 17.0. The molecule has 5 rings (SSSR count). The van der Waals surface area contributed by atoms with E-state index in [0.717, 1.165) is 25.7 Å². The van der Waals surface area contributed by atoms with E-state index in [9.17, 15) is 19.8 Å². The third-order valence-corrected chi connectivity index (χ3v) is 7.05. The largest absolute Gasteiger partial charge is 0.396 e. The van der Waals surface area contributed by atoms with Gasteiger partial charge in [0.25, 0.3) is 5.56 Å². The third kappa shape index (κ3) is 2.56.